The molecule has 0 spiro atoms. The van der Waals surface area contributed by atoms with Crippen molar-refractivity contribution in [3.8, 4) is 17.2 Å². The molecular weight excluding hydrogens is 454 g/mol. The molecule has 0 radical (unpaired) electrons. The molecule has 7 nitrogen and oxygen atoms in total. The molecule has 0 amide bonds. The molecule has 0 unspecified atom stereocenters. The van der Waals surface area contributed by atoms with Crippen molar-refractivity contribution in [1.82, 2.24) is 14.4 Å². The molecule has 178 valence electrons. The Bertz CT molecular complexity index is 1310. The van der Waals surface area contributed by atoms with Gasteiger partial charge in [-0.2, -0.15) is 0 Å². The Kier molecular flexibility index (Phi) is 6.02. The number of benzene rings is 2. The van der Waals surface area contributed by atoms with Gasteiger partial charge in [0.05, 0.1) is 17.7 Å². The molecule has 2 aromatic carbocycles. The van der Waals surface area contributed by atoms with Crippen LogP contribution in [0.3, 0.4) is 0 Å². The van der Waals surface area contributed by atoms with Gasteiger partial charge in [-0.1, -0.05) is 11.6 Å². The molecule has 1 aromatic heterocycles. The van der Waals surface area contributed by atoms with Crippen LogP contribution in [-0.4, -0.2) is 72.1 Å². The highest BCUT2D eigenvalue weighted by molar-refractivity contribution is 6.33. The van der Waals surface area contributed by atoms with E-state index in [1.165, 1.54) is 12.1 Å². The molecule has 3 aromatic rings. The van der Waals surface area contributed by atoms with Crippen molar-refractivity contribution in [3.05, 3.63) is 57.9 Å². The van der Waals surface area contributed by atoms with E-state index >= 15 is 0 Å². The number of likely N-dealkylation sites (N-methyl/N-ethyl adjacent to an activating group) is 1. The first-order valence-corrected chi connectivity index (χ1v) is 11.8. The minimum Gasteiger partial charge on any atom is -0.506 e. The summed E-state index contributed by atoms with van der Waals surface area (Å²) in [4.78, 5) is 17.9. The van der Waals surface area contributed by atoms with Crippen molar-refractivity contribution in [2.75, 3.05) is 46.9 Å². The number of ether oxygens (including phenoxy) is 2. The van der Waals surface area contributed by atoms with E-state index in [-0.39, 0.29) is 22.3 Å². The fraction of sp³-hybridized carbons (Fsp3) is 0.346. The van der Waals surface area contributed by atoms with Crippen LogP contribution in [0, 0.1) is 6.92 Å². The number of allylic oxidation sites excluding steroid dienone is 1. The molecule has 0 aliphatic carbocycles. The van der Waals surface area contributed by atoms with Crippen LogP contribution in [0.4, 0.5) is 0 Å². The quantitative estimate of drug-likeness (QED) is 0.551. The summed E-state index contributed by atoms with van der Waals surface area (Å²) in [5.74, 6) is 0.906. The molecule has 1 fully saturated rings. The van der Waals surface area contributed by atoms with Crippen molar-refractivity contribution in [2.24, 2.45) is 0 Å². The van der Waals surface area contributed by atoms with Gasteiger partial charge in [0.25, 0.3) is 0 Å². The number of ketones is 1. The number of phenolic OH excluding ortho intramolecular Hbond substituents is 1. The van der Waals surface area contributed by atoms with Crippen LogP contribution in [0.25, 0.3) is 17.0 Å². The smallest absolute Gasteiger partial charge is 0.232 e. The summed E-state index contributed by atoms with van der Waals surface area (Å²) in [5, 5.41) is 11.0. The number of piperazine rings is 1. The van der Waals surface area contributed by atoms with Gasteiger partial charge < -0.3 is 24.0 Å². The van der Waals surface area contributed by atoms with Crippen molar-refractivity contribution in [2.45, 2.75) is 13.5 Å². The van der Waals surface area contributed by atoms with E-state index in [9.17, 15) is 9.90 Å². The average Bonchev–Trinajstić information content (AvgIpc) is 3.27. The second kappa shape index (κ2) is 8.98. The van der Waals surface area contributed by atoms with E-state index in [1.807, 2.05) is 12.1 Å². The SMILES string of the molecule is COc1ccc2c(c1)c(C=C1Oc3cc(O)c(Cl)cc3C1=O)c(C)n2CCN1CCN(C)CC1. The van der Waals surface area contributed by atoms with Gasteiger partial charge in [0.15, 0.2) is 5.76 Å². The predicted octanol–water partition coefficient (Wildman–Crippen LogP) is 4.18. The van der Waals surface area contributed by atoms with Crippen LogP contribution < -0.4 is 9.47 Å². The zero-order chi connectivity index (χ0) is 24.0. The van der Waals surface area contributed by atoms with Gasteiger partial charge in [0.1, 0.15) is 17.2 Å². The highest BCUT2D eigenvalue weighted by Gasteiger charge is 2.30. The highest BCUT2D eigenvalue weighted by Crippen LogP contribution is 2.40. The van der Waals surface area contributed by atoms with Gasteiger partial charge in [-0.15, -0.1) is 0 Å². The van der Waals surface area contributed by atoms with Crippen LogP contribution in [0.15, 0.2) is 36.1 Å². The Morgan fingerprint density at radius 1 is 1.15 bits per heavy atom. The number of carbonyl (C=O) groups is 1. The van der Waals surface area contributed by atoms with E-state index in [2.05, 4.69) is 34.4 Å². The van der Waals surface area contributed by atoms with E-state index in [4.69, 9.17) is 21.1 Å². The number of aromatic hydroxyl groups is 1. The first-order chi connectivity index (χ1) is 16.4. The zero-order valence-corrected chi connectivity index (χ0v) is 20.4. The fourth-order valence-electron chi connectivity index (χ4n) is 4.73. The molecule has 2 aliphatic heterocycles. The van der Waals surface area contributed by atoms with E-state index in [0.717, 1.165) is 67.2 Å². The lowest BCUT2D eigenvalue weighted by Gasteiger charge is -2.32. The number of halogens is 1. The molecule has 8 heteroatoms. The number of nitrogens with zero attached hydrogens (tertiary/aromatic N) is 3. The number of Topliss-reactive ketones (excluding diaryl/α,β-unsaturated/α-hetero) is 1. The Balaban J connectivity index is 1.52. The number of fused-ring (bicyclic) bond motifs is 2. The van der Waals surface area contributed by atoms with Gasteiger partial charge in [0, 0.05) is 67.5 Å². The number of aromatic nitrogens is 1. The maximum atomic E-state index is 13.0. The lowest BCUT2D eigenvalue weighted by atomic mass is 10.1. The summed E-state index contributed by atoms with van der Waals surface area (Å²) in [6.45, 7) is 8.17. The molecule has 2 aliphatic rings. The van der Waals surface area contributed by atoms with Crippen LogP contribution >= 0.6 is 11.6 Å². The lowest BCUT2D eigenvalue weighted by molar-refractivity contribution is 0.101. The highest BCUT2D eigenvalue weighted by atomic mass is 35.5. The minimum absolute atomic E-state index is 0.115. The Labute approximate surface area is 203 Å². The standard InChI is InChI=1S/C26H28ClN3O4/c1-16-18(14-25-26(32)20-13-21(27)23(31)15-24(20)34-25)19-12-17(33-3)4-5-22(19)30(16)11-10-29-8-6-28(2)7-9-29/h4-5,12-15,31H,6-11H2,1-3H3. The van der Waals surface area contributed by atoms with Crippen LogP contribution in [0.1, 0.15) is 21.6 Å². The molecule has 5 rings (SSSR count). The van der Waals surface area contributed by atoms with Crippen molar-refractivity contribution in [1.29, 1.82) is 0 Å². The summed E-state index contributed by atoms with van der Waals surface area (Å²) in [6, 6.07) is 8.85. The summed E-state index contributed by atoms with van der Waals surface area (Å²) in [5.41, 5.74) is 3.41. The summed E-state index contributed by atoms with van der Waals surface area (Å²) in [6.07, 6.45) is 1.79. The topological polar surface area (TPSA) is 67.2 Å². The van der Waals surface area contributed by atoms with Gasteiger partial charge in [-0.3, -0.25) is 9.69 Å². The van der Waals surface area contributed by atoms with Crippen LogP contribution in [-0.2, 0) is 6.54 Å². The lowest BCUT2D eigenvalue weighted by Crippen LogP contribution is -2.45. The number of rotatable bonds is 5. The molecular formula is C26H28ClN3O4. The number of carbonyl (C=O) groups excluding carboxylic acids is 1. The van der Waals surface area contributed by atoms with E-state index < -0.39 is 0 Å². The number of phenols is 1. The first-order valence-electron chi connectivity index (χ1n) is 11.4. The molecule has 0 atom stereocenters. The second-order valence-electron chi connectivity index (χ2n) is 8.92. The second-order valence-corrected chi connectivity index (χ2v) is 9.33. The molecule has 34 heavy (non-hydrogen) atoms. The van der Waals surface area contributed by atoms with Crippen molar-refractivity contribution < 1.29 is 19.4 Å². The third kappa shape index (κ3) is 4.04. The summed E-state index contributed by atoms with van der Waals surface area (Å²) < 4.78 is 13.6. The largest absolute Gasteiger partial charge is 0.506 e. The third-order valence-electron chi connectivity index (χ3n) is 6.83. The molecule has 0 saturated carbocycles. The number of methoxy groups -OCH3 is 1. The zero-order valence-electron chi connectivity index (χ0n) is 19.6. The third-order valence-corrected chi connectivity index (χ3v) is 7.13. The molecule has 3 heterocycles. The fourth-order valence-corrected chi connectivity index (χ4v) is 4.89. The summed E-state index contributed by atoms with van der Waals surface area (Å²) >= 11 is 6.01. The first kappa shape index (κ1) is 22.8. The Morgan fingerprint density at radius 3 is 2.65 bits per heavy atom. The minimum atomic E-state index is -0.252. The van der Waals surface area contributed by atoms with Gasteiger partial charge in [0.2, 0.25) is 5.78 Å². The monoisotopic (exact) mass is 481 g/mol. The summed E-state index contributed by atoms with van der Waals surface area (Å²) in [7, 11) is 3.81. The average molecular weight is 482 g/mol. The van der Waals surface area contributed by atoms with Gasteiger partial charge in [-0.25, -0.2) is 0 Å². The van der Waals surface area contributed by atoms with E-state index in [1.54, 1.807) is 13.2 Å². The molecule has 1 N–H and O–H groups in total. The maximum absolute atomic E-state index is 13.0. The van der Waals surface area contributed by atoms with Crippen LogP contribution in [0.5, 0.6) is 17.2 Å². The molecule has 0 bridgehead atoms. The van der Waals surface area contributed by atoms with Crippen molar-refractivity contribution in [3.63, 3.8) is 0 Å². The Morgan fingerprint density at radius 2 is 1.91 bits per heavy atom. The normalized spacial score (nSPS) is 18.0. The van der Waals surface area contributed by atoms with Crippen molar-refractivity contribution >= 4 is 34.4 Å². The molecule has 1 saturated heterocycles. The van der Waals surface area contributed by atoms with Gasteiger partial charge in [-0.05, 0) is 44.3 Å². The number of hydrogen-bond donors (Lipinski definition) is 1. The Hall–Kier alpha value is -3.00. The van der Waals surface area contributed by atoms with Crippen LogP contribution in [0.2, 0.25) is 5.02 Å². The number of hydrogen-bond acceptors (Lipinski definition) is 6. The maximum Gasteiger partial charge on any atom is 0.232 e. The van der Waals surface area contributed by atoms with Gasteiger partial charge >= 0.3 is 0 Å². The van der Waals surface area contributed by atoms with E-state index in [0.29, 0.717) is 11.3 Å². The predicted molar refractivity (Wildman–Crippen MR) is 133 cm³/mol.